The molecule has 6 nitrogen and oxygen atoms in total. The first-order valence-corrected chi connectivity index (χ1v) is 7.31. The number of urea groups is 1. The van der Waals surface area contributed by atoms with Gasteiger partial charge in [-0.3, -0.25) is 0 Å². The van der Waals surface area contributed by atoms with Gasteiger partial charge in [0.15, 0.2) is 0 Å². The number of hydrogen-bond acceptors (Lipinski definition) is 4. The van der Waals surface area contributed by atoms with Gasteiger partial charge in [-0.15, -0.1) is 0 Å². The molecule has 0 saturated carbocycles. The highest BCUT2D eigenvalue weighted by Crippen LogP contribution is 2.20. The molecule has 0 aliphatic carbocycles. The van der Waals surface area contributed by atoms with E-state index in [4.69, 9.17) is 16.0 Å². The molecule has 0 radical (unpaired) electrons. The SMILES string of the molecule is Cc1nc(CNC(=O)NC(CO)c2ccc(Cl)c(F)c2)oc1C. The summed E-state index contributed by atoms with van der Waals surface area (Å²) in [5.74, 6) is 0.455. The highest BCUT2D eigenvalue weighted by Gasteiger charge is 2.16. The minimum Gasteiger partial charge on any atom is -0.444 e. The number of aliphatic hydroxyl groups excluding tert-OH is 1. The first-order valence-electron chi connectivity index (χ1n) is 6.93. The third-order valence-electron chi connectivity index (χ3n) is 3.31. The van der Waals surface area contributed by atoms with Crippen LogP contribution in [-0.2, 0) is 6.54 Å². The Morgan fingerprint density at radius 3 is 2.78 bits per heavy atom. The molecule has 0 bridgehead atoms. The Balaban J connectivity index is 1.95. The topological polar surface area (TPSA) is 87.4 Å². The van der Waals surface area contributed by atoms with Crippen LogP contribution in [0.4, 0.5) is 9.18 Å². The number of benzene rings is 1. The zero-order valence-corrected chi connectivity index (χ0v) is 13.4. The minimum atomic E-state index is -0.755. The van der Waals surface area contributed by atoms with Gasteiger partial charge in [-0.05, 0) is 31.5 Å². The van der Waals surface area contributed by atoms with Crippen molar-refractivity contribution in [3.8, 4) is 0 Å². The average Bonchev–Trinajstić information content (AvgIpc) is 2.84. The van der Waals surface area contributed by atoms with Crippen molar-refractivity contribution in [2.75, 3.05) is 6.61 Å². The van der Waals surface area contributed by atoms with Crippen LogP contribution in [0.2, 0.25) is 5.02 Å². The highest BCUT2D eigenvalue weighted by atomic mass is 35.5. The third-order valence-corrected chi connectivity index (χ3v) is 3.61. The Morgan fingerprint density at radius 1 is 1.48 bits per heavy atom. The standard InChI is InChI=1S/C15H17ClFN3O3/c1-8-9(2)23-14(19-8)6-18-15(22)20-13(7-21)10-3-4-11(16)12(17)5-10/h3-5,13,21H,6-7H2,1-2H3,(H2,18,20,22). The van der Waals surface area contributed by atoms with E-state index in [1.54, 1.807) is 13.8 Å². The summed E-state index contributed by atoms with van der Waals surface area (Å²) >= 11 is 5.61. The first kappa shape index (κ1) is 17.2. The van der Waals surface area contributed by atoms with Gasteiger partial charge in [0.2, 0.25) is 5.89 Å². The lowest BCUT2D eigenvalue weighted by atomic mass is 10.1. The second-order valence-corrected chi connectivity index (χ2v) is 5.39. The second kappa shape index (κ2) is 7.43. The maximum absolute atomic E-state index is 13.5. The second-order valence-electron chi connectivity index (χ2n) is 4.98. The molecule has 0 aliphatic rings. The summed E-state index contributed by atoms with van der Waals surface area (Å²) in [5.41, 5.74) is 1.17. The number of amides is 2. The van der Waals surface area contributed by atoms with Gasteiger partial charge in [-0.1, -0.05) is 17.7 Å². The van der Waals surface area contributed by atoms with Crippen molar-refractivity contribution >= 4 is 17.6 Å². The van der Waals surface area contributed by atoms with Crippen molar-refractivity contribution in [3.05, 3.63) is 51.9 Å². The Kier molecular flexibility index (Phi) is 5.57. The van der Waals surface area contributed by atoms with E-state index in [1.807, 2.05) is 0 Å². The summed E-state index contributed by atoms with van der Waals surface area (Å²) in [5, 5.41) is 14.5. The van der Waals surface area contributed by atoms with Crippen LogP contribution >= 0.6 is 11.6 Å². The van der Waals surface area contributed by atoms with Crippen molar-refractivity contribution in [3.63, 3.8) is 0 Å². The molecule has 0 saturated heterocycles. The van der Waals surface area contributed by atoms with E-state index in [2.05, 4.69) is 15.6 Å². The number of hydrogen-bond donors (Lipinski definition) is 3. The molecule has 1 unspecified atom stereocenters. The Morgan fingerprint density at radius 2 is 2.22 bits per heavy atom. The van der Waals surface area contributed by atoms with Crippen molar-refractivity contribution in [2.24, 2.45) is 0 Å². The van der Waals surface area contributed by atoms with Gasteiger partial charge in [-0.25, -0.2) is 14.2 Å². The van der Waals surface area contributed by atoms with E-state index >= 15 is 0 Å². The summed E-state index contributed by atoms with van der Waals surface area (Å²) in [6, 6.07) is 2.78. The molecule has 124 valence electrons. The van der Waals surface area contributed by atoms with Crippen LogP contribution in [0, 0.1) is 19.7 Å². The Hall–Kier alpha value is -2.12. The van der Waals surface area contributed by atoms with E-state index in [-0.39, 0.29) is 18.2 Å². The van der Waals surface area contributed by atoms with Crippen molar-refractivity contribution < 1.29 is 18.7 Å². The molecule has 1 aromatic carbocycles. The number of carbonyl (C=O) groups excluding carboxylic acids is 1. The lowest BCUT2D eigenvalue weighted by Gasteiger charge is -2.17. The number of nitrogens with zero attached hydrogens (tertiary/aromatic N) is 1. The van der Waals surface area contributed by atoms with Crippen LogP contribution in [0.5, 0.6) is 0 Å². The average molecular weight is 342 g/mol. The van der Waals surface area contributed by atoms with E-state index in [0.29, 0.717) is 17.2 Å². The summed E-state index contributed by atoms with van der Waals surface area (Å²) in [6.07, 6.45) is 0. The van der Waals surface area contributed by atoms with Crippen LogP contribution in [0.1, 0.15) is 29.0 Å². The fourth-order valence-corrected chi connectivity index (χ4v) is 2.06. The summed E-state index contributed by atoms with van der Waals surface area (Å²) in [4.78, 5) is 16.0. The smallest absolute Gasteiger partial charge is 0.315 e. The Labute approximate surface area is 137 Å². The predicted molar refractivity (Wildman–Crippen MR) is 82.6 cm³/mol. The molecular weight excluding hydrogens is 325 g/mol. The molecule has 8 heteroatoms. The molecule has 2 rings (SSSR count). The van der Waals surface area contributed by atoms with Gasteiger partial charge >= 0.3 is 6.03 Å². The maximum Gasteiger partial charge on any atom is 0.315 e. The van der Waals surface area contributed by atoms with Crippen molar-refractivity contribution in [1.29, 1.82) is 0 Å². The molecule has 2 aromatic rings. The molecule has 0 fully saturated rings. The number of rotatable bonds is 5. The molecule has 0 spiro atoms. The zero-order valence-electron chi connectivity index (χ0n) is 12.7. The summed E-state index contributed by atoms with van der Waals surface area (Å²) in [7, 11) is 0. The first-order chi connectivity index (χ1) is 10.9. The fraction of sp³-hybridized carbons (Fsp3) is 0.333. The normalized spacial score (nSPS) is 12.0. The lowest BCUT2D eigenvalue weighted by Crippen LogP contribution is -2.39. The third kappa shape index (κ3) is 4.43. The maximum atomic E-state index is 13.5. The van der Waals surface area contributed by atoms with Crippen LogP contribution < -0.4 is 10.6 Å². The Bertz CT molecular complexity index is 686. The lowest BCUT2D eigenvalue weighted by molar-refractivity contribution is 0.215. The summed E-state index contributed by atoms with van der Waals surface area (Å²) in [6.45, 7) is 3.31. The van der Waals surface area contributed by atoms with Gasteiger partial charge < -0.3 is 20.2 Å². The summed E-state index contributed by atoms with van der Waals surface area (Å²) < 4.78 is 18.8. The quantitative estimate of drug-likeness (QED) is 0.780. The number of halogens is 2. The van der Waals surface area contributed by atoms with Crippen molar-refractivity contribution in [1.82, 2.24) is 15.6 Å². The van der Waals surface area contributed by atoms with Crippen LogP contribution in [-0.4, -0.2) is 22.7 Å². The monoisotopic (exact) mass is 341 g/mol. The molecule has 3 N–H and O–H groups in total. The number of nitrogens with one attached hydrogen (secondary N) is 2. The fourth-order valence-electron chi connectivity index (χ4n) is 1.94. The van der Waals surface area contributed by atoms with Crippen LogP contribution in [0.3, 0.4) is 0 Å². The zero-order chi connectivity index (χ0) is 17.0. The van der Waals surface area contributed by atoms with Gasteiger partial charge in [0.1, 0.15) is 11.6 Å². The highest BCUT2D eigenvalue weighted by molar-refractivity contribution is 6.30. The van der Waals surface area contributed by atoms with Gasteiger partial charge in [0.05, 0.1) is 29.9 Å². The molecule has 1 heterocycles. The number of oxazole rings is 1. The number of aromatic nitrogens is 1. The molecule has 23 heavy (non-hydrogen) atoms. The van der Waals surface area contributed by atoms with Gasteiger partial charge in [0.25, 0.3) is 0 Å². The molecular formula is C15H17ClFN3O3. The molecule has 0 aliphatic heterocycles. The number of carbonyl (C=O) groups is 1. The molecule has 2 amide bonds. The van der Waals surface area contributed by atoms with Gasteiger partial charge in [0, 0.05) is 0 Å². The molecule has 1 aromatic heterocycles. The minimum absolute atomic E-state index is 0.0236. The van der Waals surface area contributed by atoms with E-state index < -0.39 is 17.9 Å². The largest absolute Gasteiger partial charge is 0.444 e. The van der Waals surface area contributed by atoms with Crippen LogP contribution in [0.25, 0.3) is 0 Å². The van der Waals surface area contributed by atoms with E-state index in [1.165, 1.54) is 18.2 Å². The van der Waals surface area contributed by atoms with E-state index in [0.717, 1.165) is 5.69 Å². The molecule has 1 atom stereocenters. The van der Waals surface area contributed by atoms with Crippen LogP contribution in [0.15, 0.2) is 22.6 Å². The van der Waals surface area contributed by atoms with E-state index in [9.17, 15) is 14.3 Å². The number of aliphatic hydroxyl groups is 1. The van der Waals surface area contributed by atoms with Crippen molar-refractivity contribution in [2.45, 2.75) is 26.4 Å². The number of aryl methyl sites for hydroxylation is 2. The van der Waals surface area contributed by atoms with Gasteiger partial charge in [-0.2, -0.15) is 0 Å². The predicted octanol–water partition coefficient (Wildman–Crippen LogP) is 2.62.